The van der Waals surface area contributed by atoms with Gasteiger partial charge in [0.1, 0.15) is 11.6 Å². The fourth-order valence-electron chi connectivity index (χ4n) is 1.56. The molecule has 2 amide bonds. The van der Waals surface area contributed by atoms with Gasteiger partial charge in [0.05, 0.1) is 5.56 Å². The molecule has 0 aromatic heterocycles. The summed E-state index contributed by atoms with van der Waals surface area (Å²) in [6.07, 6.45) is 0.110. The first-order valence-electron chi connectivity index (χ1n) is 6.27. The lowest BCUT2D eigenvalue weighted by atomic mass is 10.1. The molecule has 0 unspecified atom stereocenters. The molecule has 0 radical (unpaired) electrons. The molecule has 0 saturated heterocycles. The highest BCUT2D eigenvalue weighted by molar-refractivity contribution is 5.97. The van der Waals surface area contributed by atoms with Crippen LogP contribution in [0.15, 0.2) is 18.2 Å². The number of benzene rings is 1. The zero-order valence-electron chi connectivity index (χ0n) is 11.8. The van der Waals surface area contributed by atoms with E-state index in [9.17, 15) is 19.1 Å². The van der Waals surface area contributed by atoms with Gasteiger partial charge in [-0.05, 0) is 39.0 Å². The third-order valence-corrected chi connectivity index (χ3v) is 2.36. The van der Waals surface area contributed by atoms with E-state index in [0.717, 1.165) is 18.2 Å². The summed E-state index contributed by atoms with van der Waals surface area (Å²) in [5, 5.41) is 14.7. The number of rotatable bonds is 4. The SMILES string of the molecule is CC(C)(C)NC(=O)CCNC(=O)c1cc(F)ccc1O. The monoisotopic (exact) mass is 282 g/mol. The molecule has 3 N–H and O–H groups in total. The molecule has 0 saturated carbocycles. The number of nitrogens with one attached hydrogen (secondary N) is 2. The second-order valence-electron chi connectivity index (χ2n) is 5.47. The first kappa shape index (κ1) is 15.9. The summed E-state index contributed by atoms with van der Waals surface area (Å²) in [5.74, 6) is -1.73. The summed E-state index contributed by atoms with van der Waals surface area (Å²) in [5.41, 5.74) is -0.483. The zero-order chi connectivity index (χ0) is 15.3. The zero-order valence-corrected chi connectivity index (χ0v) is 11.8. The fourth-order valence-corrected chi connectivity index (χ4v) is 1.56. The lowest BCUT2D eigenvalue weighted by Crippen LogP contribution is -2.42. The predicted molar refractivity (Wildman–Crippen MR) is 72.9 cm³/mol. The molecule has 1 aromatic carbocycles. The third kappa shape index (κ3) is 5.26. The first-order chi connectivity index (χ1) is 9.19. The number of halogens is 1. The van der Waals surface area contributed by atoms with E-state index in [4.69, 9.17) is 0 Å². The van der Waals surface area contributed by atoms with Crippen LogP contribution in [-0.4, -0.2) is 29.0 Å². The van der Waals surface area contributed by atoms with Crippen LogP contribution in [0.3, 0.4) is 0 Å². The van der Waals surface area contributed by atoms with Gasteiger partial charge in [-0.15, -0.1) is 0 Å². The van der Waals surface area contributed by atoms with Gasteiger partial charge in [0, 0.05) is 18.5 Å². The third-order valence-electron chi connectivity index (χ3n) is 2.36. The second kappa shape index (κ2) is 6.36. The quantitative estimate of drug-likeness (QED) is 0.784. The van der Waals surface area contributed by atoms with E-state index in [1.807, 2.05) is 20.8 Å². The normalized spacial score (nSPS) is 11.0. The van der Waals surface area contributed by atoms with Crippen molar-refractivity contribution in [3.8, 4) is 5.75 Å². The minimum absolute atomic E-state index is 0.108. The summed E-state index contributed by atoms with van der Waals surface area (Å²) in [6, 6.07) is 3.11. The van der Waals surface area contributed by atoms with Crippen LogP contribution in [0.4, 0.5) is 4.39 Å². The van der Waals surface area contributed by atoms with Crippen molar-refractivity contribution in [3.05, 3.63) is 29.6 Å². The maximum absolute atomic E-state index is 13.0. The van der Waals surface area contributed by atoms with E-state index < -0.39 is 11.7 Å². The molecule has 0 fully saturated rings. The van der Waals surface area contributed by atoms with E-state index in [-0.39, 0.29) is 35.7 Å². The van der Waals surface area contributed by atoms with E-state index in [2.05, 4.69) is 10.6 Å². The van der Waals surface area contributed by atoms with Crippen molar-refractivity contribution in [1.82, 2.24) is 10.6 Å². The summed E-state index contributed by atoms with van der Waals surface area (Å²) < 4.78 is 13.0. The number of hydrogen-bond acceptors (Lipinski definition) is 3. The topological polar surface area (TPSA) is 78.4 Å². The van der Waals surface area contributed by atoms with Crippen LogP contribution < -0.4 is 10.6 Å². The second-order valence-corrected chi connectivity index (χ2v) is 5.47. The minimum atomic E-state index is -0.620. The molecule has 0 bridgehead atoms. The van der Waals surface area contributed by atoms with E-state index >= 15 is 0 Å². The van der Waals surface area contributed by atoms with Crippen molar-refractivity contribution < 1.29 is 19.1 Å². The lowest BCUT2D eigenvalue weighted by Gasteiger charge is -2.20. The van der Waals surface area contributed by atoms with Crippen molar-refractivity contribution in [1.29, 1.82) is 0 Å². The first-order valence-corrected chi connectivity index (χ1v) is 6.27. The molecular formula is C14H19FN2O3. The average molecular weight is 282 g/mol. The Morgan fingerprint density at radius 3 is 2.55 bits per heavy atom. The number of phenols is 1. The van der Waals surface area contributed by atoms with Crippen LogP contribution in [0.5, 0.6) is 5.75 Å². The lowest BCUT2D eigenvalue weighted by molar-refractivity contribution is -0.122. The molecular weight excluding hydrogens is 263 g/mol. The van der Waals surface area contributed by atoms with Gasteiger partial charge in [-0.1, -0.05) is 0 Å². The molecule has 1 rings (SSSR count). The molecule has 20 heavy (non-hydrogen) atoms. The van der Waals surface area contributed by atoms with Gasteiger partial charge >= 0.3 is 0 Å². The van der Waals surface area contributed by atoms with Crippen LogP contribution in [-0.2, 0) is 4.79 Å². The number of carbonyl (C=O) groups is 2. The van der Waals surface area contributed by atoms with Crippen LogP contribution in [0, 0.1) is 5.82 Å². The average Bonchev–Trinajstić information content (AvgIpc) is 2.29. The van der Waals surface area contributed by atoms with Crippen molar-refractivity contribution in [2.45, 2.75) is 32.7 Å². The number of phenolic OH excluding ortho intramolecular Hbond substituents is 1. The number of aromatic hydroxyl groups is 1. The van der Waals surface area contributed by atoms with Crippen molar-refractivity contribution in [2.24, 2.45) is 0 Å². The largest absolute Gasteiger partial charge is 0.507 e. The summed E-state index contributed by atoms with van der Waals surface area (Å²) in [7, 11) is 0. The molecule has 0 spiro atoms. The van der Waals surface area contributed by atoms with Crippen LogP contribution in [0.25, 0.3) is 0 Å². The highest BCUT2D eigenvalue weighted by Crippen LogP contribution is 2.17. The highest BCUT2D eigenvalue weighted by Gasteiger charge is 2.15. The van der Waals surface area contributed by atoms with Gasteiger partial charge in [0.15, 0.2) is 0 Å². The molecule has 6 heteroatoms. The van der Waals surface area contributed by atoms with Crippen LogP contribution in [0.1, 0.15) is 37.6 Å². The Bertz CT molecular complexity index is 510. The molecule has 0 heterocycles. The van der Waals surface area contributed by atoms with Gasteiger partial charge in [-0.2, -0.15) is 0 Å². The van der Waals surface area contributed by atoms with Gasteiger partial charge in [-0.25, -0.2) is 4.39 Å². The van der Waals surface area contributed by atoms with Crippen LogP contribution >= 0.6 is 0 Å². The Morgan fingerprint density at radius 2 is 1.95 bits per heavy atom. The Labute approximate surface area is 117 Å². The molecule has 5 nitrogen and oxygen atoms in total. The van der Waals surface area contributed by atoms with Gasteiger partial charge < -0.3 is 15.7 Å². The van der Waals surface area contributed by atoms with Gasteiger partial charge in [-0.3, -0.25) is 9.59 Å². The summed E-state index contributed by atoms with van der Waals surface area (Å²) in [4.78, 5) is 23.2. The summed E-state index contributed by atoms with van der Waals surface area (Å²) in [6.45, 7) is 5.67. The molecule has 110 valence electrons. The molecule has 1 aromatic rings. The van der Waals surface area contributed by atoms with Gasteiger partial charge in [0.2, 0.25) is 5.91 Å². The molecule has 0 aliphatic carbocycles. The van der Waals surface area contributed by atoms with Crippen LogP contribution in [0.2, 0.25) is 0 Å². The molecule has 0 atom stereocenters. The van der Waals surface area contributed by atoms with Crippen molar-refractivity contribution in [3.63, 3.8) is 0 Å². The van der Waals surface area contributed by atoms with E-state index in [1.165, 1.54) is 0 Å². The Hall–Kier alpha value is -2.11. The highest BCUT2D eigenvalue weighted by atomic mass is 19.1. The van der Waals surface area contributed by atoms with E-state index in [1.54, 1.807) is 0 Å². The number of carbonyl (C=O) groups excluding carboxylic acids is 2. The van der Waals surface area contributed by atoms with E-state index in [0.29, 0.717) is 0 Å². The minimum Gasteiger partial charge on any atom is -0.507 e. The summed E-state index contributed by atoms with van der Waals surface area (Å²) >= 11 is 0. The maximum Gasteiger partial charge on any atom is 0.255 e. The molecule has 0 aliphatic heterocycles. The van der Waals surface area contributed by atoms with Gasteiger partial charge in [0.25, 0.3) is 5.91 Å². The smallest absolute Gasteiger partial charge is 0.255 e. The number of hydrogen-bond donors (Lipinski definition) is 3. The Kier molecular flexibility index (Phi) is 5.07. The van der Waals surface area contributed by atoms with Crippen molar-refractivity contribution >= 4 is 11.8 Å². The molecule has 0 aliphatic rings. The Morgan fingerprint density at radius 1 is 1.30 bits per heavy atom. The predicted octanol–water partition coefficient (Wildman–Crippen LogP) is 1.57. The number of amides is 2. The fraction of sp³-hybridized carbons (Fsp3) is 0.429. The maximum atomic E-state index is 13.0. The standard InChI is InChI=1S/C14H19FN2O3/c1-14(2,3)17-12(19)6-7-16-13(20)10-8-9(15)4-5-11(10)18/h4-5,8,18H,6-7H2,1-3H3,(H,16,20)(H,17,19). The van der Waals surface area contributed by atoms with Crippen molar-refractivity contribution in [2.75, 3.05) is 6.54 Å². The Balaban J connectivity index is 2.48.